The monoisotopic (exact) mass is 263 g/mol. The summed E-state index contributed by atoms with van der Waals surface area (Å²) in [7, 11) is 0. The largest absolute Gasteiger partial charge is 0.356 e. The number of hydrogen-bond acceptors (Lipinski definition) is 3. The average Bonchev–Trinajstić information content (AvgIpc) is 2.76. The molecule has 0 radical (unpaired) electrons. The smallest absolute Gasteiger partial charge is 0.252 e. The summed E-state index contributed by atoms with van der Waals surface area (Å²) in [5.74, 6) is 2.52. The van der Waals surface area contributed by atoms with E-state index in [1.54, 1.807) is 6.07 Å². The van der Waals surface area contributed by atoms with Crippen molar-refractivity contribution in [1.82, 2.24) is 9.97 Å². The molecule has 4 heteroatoms. The van der Waals surface area contributed by atoms with E-state index >= 15 is 0 Å². The lowest BCUT2D eigenvalue weighted by Crippen LogP contribution is -2.28. The van der Waals surface area contributed by atoms with Crippen LogP contribution in [0.4, 0.5) is 5.82 Å². The quantitative estimate of drug-likeness (QED) is 0.892. The van der Waals surface area contributed by atoms with E-state index in [9.17, 15) is 4.79 Å². The summed E-state index contributed by atoms with van der Waals surface area (Å²) in [5, 5.41) is 0. The van der Waals surface area contributed by atoms with Crippen molar-refractivity contribution < 1.29 is 0 Å². The minimum absolute atomic E-state index is 0.0482. The Morgan fingerprint density at radius 3 is 2.63 bits per heavy atom. The van der Waals surface area contributed by atoms with Gasteiger partial charge in [-0.1, -0.05) is 34.6 Å². The first-order valence-electron chi connectivity index (χ1n) is 7.13. The van der Waals surface area contributed by atoms with Gasteiger partial charge in [0, 0.05) is 25.1 Å². The van der Waals surface area contributed by atoms with E-state index in [0.29, 0.717) is 11.3 Å². The molecule has 0 spiro atoms. The Morgan fingerprint density at radius 2 is 2.11 bits per heavy atom. The van der Waals surface area contributed by atoms with Gasteiger partial charge < -0.3 is 9.88 Å². The van der Waals surface area contributed by atoms with Gasteiger partial charge in [0.15, 0.2) is 0 Å². The Labute approximate surface area is 115 Å². The second kappa shape index (κ2) is 4.99. The Kier molecular flexibility index (Phi) is 3.70. The number of hydrogen-bond donors (Lipinski definition) is 1. The molecule has 1 aromatic rings. The van der Waals surface area contributed by atoms with E-state index in [-0.39, 0.29) is 11.5 Å². The van der Waals surface area contributed by atoms with Crippen LogP contribution in [0.3, 0.4) is 0 Å². The van der Waals surface area contributed by atoms with Gasteiger partial charge in [-0.3, -0.25) is 4.79 Å². The molecular weight excluding hydrogens is 238 g/mol. The molecule has 1 atom stereocenters. The molecule has 0 amide bonds. The van der Waals surface area contributed by atoms with Crippen molar-refractivity contribution in [3.05, 3.63) is 22.2 Å². The summed E-state index contributed by atoms with van der Waals surface area (Å²) in [4.78, 5) is 21.4. The topological polar surface area (TPSA) is 49.0 Å². The molecule has 19 heavy (non-hydrogen) atoms. The van der Waals surface area contributed by atoms with E-state index in [2.05, 4.69) is 35.6 Å². The molecular formula is C15H25N3O. The van der Waals surface area contributed by atoms with Crippen molar-refractivity contribution in [3.63, 3.8) is 0 Å². The van der Waals surface area contributed by atoms with Crippen LogP contribution < -0.4 is 10.5 Å². The lowest BCUT2D eigenvalue weighted by atomic mass is 9.80. The van der Waals surface area contributed by atoms with Crippen LogP contribution in [-0.4, -0.2) is 23.1 Å². The molecule has 1 aliphatic heterocycles. The molecule has 0 saturated carbocycles. The Hall–Kier alpha value is -1.32. The normalized spacial score (nSPS) is 20.3. The Balaban J connectivity index is 2.22. The van der Waals surface area contributed by atoms with Crippen molar-refractivity contribution >= 4 is 5.82 Å². The minimum Gasteiger partial charge on any atom is -0.356 e. The number of anilines is 1. The molecule has 2 heterocycles. The first kappa shape index (κ1) is 14.1. The van der Waals surface area contributed by atoms with Crippen molar-refractivity contribution in [1.29, 1.82) is 0 Å². The molecule has 4 nitrogen and oxygen atoms in total. The number of nitrogens with zero attached hydrogens (tertiary/aromatic N) is 2. The third kappa shape index (κ3) is 3.17. The lowest BCUT2D eigenvalue weighted by molar-refractivity contribution is 0.263. The summed E-state index contributed by atoms with van der Waals surface area (Å²) in [6.07, 6.45) is 1.18. The standard InChI is InChI=1S/C15H25N3O/c1-10(2)14-16-12(8-13(19)17-14)18-7-6-11(9-18)15(3,4)5/h8,10-11H,6-7,9H2,1-5H3,(H,16,17,19). The maximum Gasteiger partial charge on any atom is 0.252 e. The summed E-state index contributed by atoms with van der Waals surface area (Å²) < 4.78 is 0. The second-order valence-corrected chi connectivity index (χ2v) is 6.94. The van der Waals surface area contributed by atoms with Gasteiger partial charge in [-0.15, -0.1) is 0 Å². The molecule has 106 valence electrons. The van der Waals surface area contributed by atoms with Crippen LogP contribution in [-0.2, 0) is 0 Å². The predicted molar refractivity (Wildman–Crippen MR) is 78.7 cm³/mol. The molecule has 1 saturated heterocycles. The number of aromatic nitrogens is 2. The minimum atomic E-state index is -0.0482. The molecule has 2 rings (SSSR count). The summed E-state index contributed by atoms with van der Waals surface area (Å²) in [6.45, 7) is 12.9. The van der Waals surface area contributed by atoms with E-state index in [1.807, 2.05) is 13.8 Å². The van der Waals surface area contributed by atoms with Crippen LogP contribution in [0.2, 0.25) is 0 Å². The first-order chi connectivity index (χ1) is 8.77. The van der Waals surface area contributed by atoms with Gasteiger partial charge in [0.05, 0.1) is 0 Å². The zero-order chi connectivity index (χ0) is 14.2. The van der Waals surface area contributed by atoms with Crippen LogP contribution in [0.15, 0.2) is 10.9 Å². The van der Waals surface area contributed by atoms with Gasteiger partial charge in [0.1, 0.15) is 11.6 Å². The maximum absolute atomic E-state index is 11.7. The molecule has 0 aliphatic carbocycles. The number of H-pyrrole nitrogens is 1. The van der Waals surface area contributed by atoms with Gasteiger partial charge in [-0.25, -0.2) is 4.98 Å². The molecule has 1 unspecified atom stereocenters. The summed E-state index contributed by atoms with van der Waals surface area (Å²) in [6, 6.07) is 1.62. The maximum atomic E-state index is 11.7. The van der Waals surface area contributed by atoms with Gasteiger partial charge >= 0.3 is 0 Å². The number of aromatic amines is 1. The zero-order valence-electron chi connectivity index (χ0n) is 12.7. The van der Waals surface area contributed by atoms with Gasteiger partial charge in [-0.05, 0) is 17.8 Å². The SMILES string of the molecule is CC(C)c1nc(N2CCC(C(C)(C)C)C2)cc(=O)[nH]1. The van der Waals surface area contributed by atoms with E-state index in [4.69, 9.17) is 0 Å². The molecule has 1 N–H and O–H groups in total. The lowest BCUT2D eigenvalue weighted by Gasteiger charge is -2.27. The zero-order valence-corrected chi connectivity index (χ0v) is 12.7. The van der Waals surface area contributed by atoms with Crippen LogP contribution in [0, 0.1) is 11.3 Å². The van der Waals surface area contributed by atoms with Crippen LogP contribution in [0.5, 0.6) is 0 Å². The van der Waals surface area contributed by atoms with E-state index < -0.39 is 0 Å². The highest BCUT2D eigenvalue weighted by atomic mass is 16.1. The van der Waals surface area contributed by atoms with Crippen molar-refractivity contribution in [2.24, 2.45) is 11.3 Å². The molecule has 1 fully saturated rings. The fourth-order valence-corrected chi connectivity index (χ4v) is 2.57. The van der Waals surface area contributed by atoms with Gasteiger partial charge in [0.25, 0.3) is 5.56 Å². The van der Waals surface area contributed by atoms with Crippen molar-refractivity contribution in [2.45, 2.75) is 47.0 Å². The van der Waals surface area contributed by atoms with Crippen molar-refractivity contribution in [3.8, 4) is 0 Å². The predicted octanol–water partition coefficient (Wildman–Crippen LogP) is 2.77. The average molecular weight is 263 g/mol. The highest BCUT2D eigenvalue weighted by Crippen LogP contribution is 2.34. The van der Waals surface area contributed by atoms with Gasteiger partial charge in [-0.2, -0.15) is 0 Å². The third-order valence-electron chi connectivity index (χ3n) is 4.03. The number of rotatable bonds is 2. The van der Waals surface area contributed by atoms with Gasteiger partial charge in [0.2, 0.25) is 0 Å². The highest BCUT2D eigenvalue weighted by Gasteiger charge is 2.32. The number of nitrogens with one attached hydrogen (secondary N) is 1. The molecule has 1 aliphatic rings. The van der Waals surface area contributed by atoms with Crippen LogP contribution in [0.25, 0.3) is 0 Å². The second-order valence-electron chi connectivity index (χ2n) is 6.94. The molecule has 0 bridgehead atoms. The first-order valence-corrected chi connectivity index (χ1v) is 7.13. The van der Waals surface area contributed by atoms with Crippen LogP contribution >= 0.6 is 0 Å². The fraction of sp³-hybridized carbons (Fsp3) is 0.733. The third-order valence-corrected chi connectivity index (χ3v) is 4.03. The highest BCUT2D eigenvalue weighted by molar-refractivity contribution is 5.39. The van der Waals surface area contributed by atoms with E-state index in [1.165, 1.54) is 6.42 Å². The Morgan fingerprint density at radius 1 is 1.42 bits per heavy atom. The summed E-state index contributed by atoms with van der Waals surface area (Å²) in [5.41, 5.74) is 0.268. The van der Waals surface area contributed by atoms with Crippen molar-refractivity contribution in [2.75, 3.05) is 18.0 Å². The van der Waals surface area contributed by atoms with Crippen LogP contribution in [0.1, 0.15) is 52.8 Å². The van der Waals surface area contributed by atoms with E-state index in [0.717, 1.165) is 24.7 Å². The molecule has 0 aromatic carbocycles. The summed E-state index contributed by atoms with van der Waals surface area (Å²) >= 11 is 0. The Bertz CT molecular complexity index is 499. The fourth-order valence-electron chi connectivity index (χ4n) is 2.57. The molecule has 1 aromatic heterocycles.